The van der Waals surface area contributed by atoms with Gasteiger partial charge in [0.25, 0.3) is 0 Å². The number of thioether (sulfide) groups is 1. The quantitative estimate of drug-likeness (QED) is 0.884. The minimum Gasteiger partial charge on any atom is -0.384 e. The van der Waals surface area contributed by atoms with E-state index >= 15 is 0 Å². The van der Waals surface area contributed by atoms with Crippen LogP contribution < -0.4 is 5.32 Å². The number of hydrogen-bond donors (Lipinski definition) is 1. The van der Waals surface area contributed by atoms with Crippen LogP contribution in [0.25, 0.3) is 0 Å². The normalized spacial score (nSPS) is 17.3. The number of aryl methyl sites for hydroxylation is 2. The van der Waals surface area contributed by atoms with Crippen molar-refractivity contribution >= 4 is 17.4 Å². The van der Waals surface area contributed by atoms with Gasteiger partial charge in [0.1, 0.15) is 0 Å². The van der Waals surface area contributed by atoms with Gasteiger partial charge in [-0.05, 0) is 55.2 Å². The van der Waals surface area contributed by atoms with Crippen molar-refractivity contribution < 1.29 is 0 Å². The van der Waals surface area contributed by atoms with Crippen molar-refractivity contribution in [1.82, 2.24) is 0 Å². The first-order valence-corrected chi connectivity index (χ1v) is 7.66. The summed E-state index contributed by atoms with van der Waals surface area (Å²) in [6.07, 6.45) is 1.18. The summed E-state index contributed by atoms with van der Waals surface area (Å²) in [7, 11) is 0. The van der Waals surface area contributed by atoms with Crippen molar-refractivity contribution in [1.29, 1.82) is 0 Å². The van der Waals surface area contributed by atoms with E-state index in [0.717, 1.165) is 6.54 Å². The van der Waals surface area contributed by atoms with E-state index in [0.29, 0.717) is 5.25 Å². The third kappa shape index (κ3) is 2.79. The van der Waals surface area contributed by atoms with Crippen LogP contribution >= 0.6 is 11.8 Å². The number of anilines is 1. The molecule has 19 heavy (non-hydrogen) atoms. The molecule has 98 valence electrons. The Morgan fingerprint density at radius 2 is 1.95 bits per heavy atom. The molecule has 1 heterocycles. The SMILES string of the molecule is Cc1ccc(NCC2Cc3ccccc3S2)cc1C. The van der Waals surface area contributed by atoms with Gasteiger partial charge in [-0.2, -0.15) is 0 Å². The molecule has 1 N–H and O–H groups in total. The summed E-state index contributed by atoms with van der Waals surface area (Å²) >= 11 is 2.00. The van der Waals surface area contributed by atoms with E-state index in [1.807, 2.05) is 11.8 Å². The van der Waals surface area contributed by atoms with Crippen molar-refractivity contribution in [2.75, 3.05) is 11.9 Å². The molecule has 1 aliphatic heterocycles. The van der Waals surface area contributed by atoms with Gasteiger partial charge >= 0.3 is 0 Å². The zero-order valence-electron chi connectivity index (χ0n) is 11.4. The molecule has 0 fully saturated rings. The third-order valence-corrected chi connectivity index (χ3v) is 5.07. The largest absolute Gasteiger partial charge is 0.384 e. The van der Waals surface area contributed by atoms with Gasteiger partial charge in [0, 0.05) is 22.4 Å². The fraction of sp³-hybridized carbons (Fsp3) is 0.294. The maximum atomic E-state index is 3.57. The lowest BCUT2D eigenvalue weighted by Gasteiger charge is -2.12. The highest BCUT2D eigenvalue weighted by Gasteiger charge is 2.21. The molecule has 1 unspecified atom stereocenters. The number of nitrogens with one attached hydrogen (secondary N) is 1. The van der Waals surface area contributed by atoms with E-state index in [2.05, 4.69) is 61.6 Å². The average molecular weight is 269 g/mol. The zero-order valence-corrected chi connectivity index (χ0v) is 12.3. The molecule has 0 spiro atoms. The maximum Gasteiger partial charge on any atom is 0.0343 e. The van der Waals surface area contributed by atoms with Gasteiger partial charge in [0.15, 0.2) is 0 Å². The van der Waals surface area contributed by atoms with E-state index in [4.69, 9.17) is 0 Å². The lowest BCUT2D eigenvalue weighted by atomic mass is 10.1. The molecule has 1 nitrogen and oxygen atoms in total. The Bertz CT molecular complexity index is 567. The van der Waals surface area contributed by atoms with E-state index in [1.165, 1.54) is 33.7 Å². The van der Waals surface area contributed by atoms with E-state index < -0.39 is 0 Å². The van der Waals surface area contributed by atoms with Crippen molar-refractivity contribution in [2.24, 2.45) is 0 Å². The van der Waals surface area contributed by atoms with Crippen LogP contribution in [0.4, 0.5) is 5.69 Å². The fourth-order valence-electron chi connectivity index (χ4n) is 2.45. The van der Waals surface area contributed by atoms with Crippen molar-refractivity contribution in [2.45, 2.75) is 30.4 Å². The molecule has 1 aliphatic rings. The van der Waals surface area contributed by atoms with Crippen LogP contribution in [-0.2, 0) is 6.42 Å². The van der Waals surface area contributed by atoms with E-state index in [9.17, 15) is 0 Å². The summed E-state index contributed by atoms with van der Waals surface area (Å²) in [4.78, 5) is 1.45. The Morgan fingerprint density at radius 3 is 2.74 bits per heavy atom. The van der Waals surface area contributed by atoms with Crippen molar-refractivity contribution in [3.8, 4) is 0 Å². The Balaban J connectivity index is 1.61. The maximum absolute atomic E-state index is 3.57. The first-order valence-electron chi connectivity index (χ1n) is 6.78. The van der Waals surface area contributed by atoms with Gasteiger partial charge in [-0.3, -0.25) is 0 Å². The molecule has 0 bridgehead atoms. The van der Waals surface area contributed by atoms with Crippen LogP contribution in [-0.4, -0.2) is 11.8 Å². The van der Waals surface area contributed by atoms with E-state index in [-0.39, 0.29) is 0 Å². The molecule has 0 radical (unpaired) electrons. The van der Waals surface area contributed by atoms with Crippen LogP contribution in [0.5, 0.6) is 0 Å². The molecule has 0 saturated heterocycles. The highest BCUT2D eigenvalue weighted by molar-refractivity contribution is 8.00. The highest BCUT2D eigenvalue weighted by Crippen LogP contribution is 2.36. The van der Waals surface area contributed by atoms with Crippen LogP contribution in [0, 0.1) is 13.8 Å². The number of benzene rings is 2. The van der Waals surface area contributed by atoms with Crippen LogP contribution in [0.2, 0.25) is 0 Å². The average Bonchev–Trinajstić information content (AvgIpc) is 2.83. The summed E-state index contributed by atoms with van der Waals surface area (Å²) in [5.74, 6) is 0. The van der Waals surface area contributed by atoms with Crippen LogP contribution in [0.3, 0.4) is 0 Å². The number of fused-ring (bicyclic) bond motifs is 1. The predicted molar refractivity (Wildman–Crippen MR) is 84.2 cm³/mol. The molecule has 3 rings (SSSR count). The Morgan fingerprint density at radius 1 is 1.11 bits per heavy atom. The van der Waals surface area contributed by atoms with Gasteiger partial charge in [-0.1, -0.05) is 24.3 Å². The minimum atomic E-state index is 0.652. The van der Waals surface area contributed by atoms with Gasteiger partial charge < -0.3 is 5.32 Å². The monoisotopic (exact) mass is 269 g/mol. The Labute approximate surface area is 119 Å². The Kier molecular flexibility index (Phi) is 3.52. The van der Waals surface area contributed by atoms with Crippen molar-refractivity contribution in [3.05, 3.63) is 59.2 Å². The molecule has 2 aromatic carbocycles. The summed E-state index contributed by atoms with van der Waals surface area (Å²) in [6.45, 7) is 5.35. The molecular weight excluding hydrogens is 250 g/mol. The standard InChI is InChI=1S/C17H19NS/c1-12-7-8-15(9-13(12)2)18-11-16-10-14-5-3-4-6-17(14)19-16/h3-9,16,18H,10-11H2,1-2H3. The second kappa shape index (κ2) is 5.30. The van der Waals surface area contributed by atoms with Gasteiger partial charge in [0.2, 0.25) is 0 Å². The second-order valence-corrected chi connectivity index (χ2v) is 6.57. The minimum absolute atomic E-state index is 0.652. The van der Waals surface area contributed by atoms with Gasteiger partial charge in [0.05, 0.1) is 0 Å². The smallest absolute Gasteiger partial charge is 0.0343 e. The lowest BCUT2D eigenvalue weighted by Crippen LogP contribution is -2.15. The summed E-state index contributed by atoms with van der Waals surface area (Å²) in [6, 6.07) is 15.4. The molecule has 0 aromatic heterocycles. The summed E-state index contributed by atoms with van der Waals surface area (Å²) in [5.41, 5.74) is 5.44. The van der Waals surface area contributed by atoms with Gasteiger partial charge in [-0.25, -0.2) is 0 Å². The number of hydrogen-bond acceptors (Lipinski definition) is 2. The third-order valence-electron chi connectivity index (χ3n) is 3.75. The molecule has 2 aromatic rings. The molecular formula is C17H19NS. The lowest BCUT2D eigenvalue weighted by molar-refractivity contribution is 0.899. The molecule has 1 atom stereocenters. The summed E-state index contributed by atoms with van der Waals surface area (Å²) in [5, 5.41) is 4.22. The van der Waals surface area contributed by atoms with E-state index in [1.54, 1.807) is 0 Å². The predicted octanol–water partition coefficient (Wildman–Crippen LogP) is 4.43. The molecule has 0 aliphatic carbocycles. The molecule has 0 amide bonds. The van der Waals surface area contributed by atoms with Crippen LogP contribution in [0.1, 0.15) is 16.7 Å². The summed E-state index contributed by atoms with van der Waals surface area (Å²) < 4.78 is 0. The van der Waals surface area contributed by atoms with Crippen LogP contribution in [0.15, 0.2) is 47.4 Å². The zero-order chi connectivity index (χ0) is 13.2. The Hall–Kier alpha value is -1.41. The highest BCUT2D eigenvalue weighted by atomic mass is 32.2. The van der Waals surface area contributed by atoms with Crippen molar-refractivity contribution in [3.63, 3.8) is 0 Å². The second-order valence-electron chi connectivity index (χ2n) is 5.23. The topological polar surface area (TPSA) is 12.0 Å². The molecule has 2 heteroatoms. The number of rotatable bonds is 3. The fourth-order valence-corrected chi connectivity index (χ4v) is 3.70. The van der Waals surface area contributed by atoms with Gasteiger partial charge in [-0.15, -0.1) is 11.8 Å². The first kappa shape index (κ1) is 12.6. The first-order chi connectivity index (χ1) is 9.22. The molecule has 0 saturated carbocycles.